The molecule has 0 bridgehead atoms. The molecule has 224 valence electrons. The normalized spacial score (nSPS) is 25.1. The quantitative estimate of drug-likeness (QED) is 0.490. The highest BCUT2D eigenvalue weighted by molar-refractivity contribution is 5.98. The van der Waals surface area contributed by atoms with E-state index in [9.17, 15) is 19.2 Å². The first-order chi connectivity index (χ1) is 20.5. The molecule has 4 heterocycles. The summed E-state index contributed by atoms with van der Waals surface area (Å²) in [6.07, 6.45) is 3.38. The number of hydrogen-bond donors (Lipinski definition) is 1. The molecule has 4 atom stereocenters. The first-order valence-electron chi connectivity index (χ1n) is 14.9. The highest BCUT2D eigenvalue weighted by Crippen LogP contribution is 2.27. The number of carbonyl (C=O) groups excluding carboxylic acids is 4. The first-order valence-corrected chi connectivity index (χ1v) is 14.9. The predicted molar refractivity (Wildman–Crippen MR) is 155 cm³/mol. The molecule has 4 fully saturated rings. The molecule has 0 unspecified atom stereocenters. The molecule has 6 rings (SSSR count). The molecule has 42 heavy (non-hydrogen) atoms. The Hall–Kier alpha value is -3.76. The van der Waals surface area contributed by atoms with E-state index in [0.717, 1.165) is 36.8 Å². The van der Waals surface area contributed by atoms with Crippen LogP contribution in [0.1, 0.15) is 43.7 Å². The number of nitrogens with zero attached hydrogens (tertiary/aromatic N) is 3. The Bertz CT molecular complexity index is 1240. The first kappa shape index (κ1) is 29.7. The smallest absolute Gasteiger partial charge is 0.248 e. The molecule has 10 heteroatoms. The largest absolute Gasteiger partial charge is 0.374 e. The minimum atomic E-state index is -0.541. The predicted octanol–water partition coefficient (Wildman–Crippen LogP) is 2.12. The van der Waals surface area contributed by atoms with Gasteiger partial charge in [-0.15, -0.1) is 0 Å². The minimum Gasteiger partial charge on any atom is -0.374 e. The van der Waals surface area contributed by atoms with Crippen molar-refractivity contribution in [1.29, 1.82) is 0 Å². The third-order valence-electron chi connectivity index (χ3n) is 8.34. The van der Waals surface area contributed by atoms with Crippen LogP contribution in [0.4, 0.5) is 0 Å². The van der Waals surface area contributed by atoms with Crippen LogP contribution in [0.2, 0.25) is 0 Å². The Morgan fingerprint density at radius 1 is 0.714 bits per heavy atom. The van der Waals surface area contributed by atoms with E-state index in [1.54, 1.807) is 14.7 Å². The van der Waals surface area contributed by atoms with Crippen LogP contribution >= 0.6 is 0 Å². The van der Waals surface area contributed by atoms with Crippen molar-refractivity contribution in [2.24, 2.45) is 0 Å². The van der Waals surface area contributed by atoms with E-state index in [-0.39, 0.29) is 48.9 Å². The number of nitrogens with one attached hydrogen (secondary N) is 1. The molecule has 0 saturated carbocycles. The molecular weight excluding hydrogens is 536 g/mol. The summed E-state index contributed by atoms with van der Waals surface area (Å²) in [6, 6.07) is 18.1. The van der Waals surface area contributed by atoms with Crippen LogP contribution in [0.3, 0.4) is 0 Å². The SMILES string of the molecule is CCN1C(=O)[C@@H]2CCCN2C(=O)[C@@H]1COCc1ccccc1.O=C1N[C@@H](COCc2ccccc2)C(=O)N2CCC[C@@H]12. The lowest BCUT2D eigenvalue weighted by molar-refractivity contribution is -0.162. The molecule has 2 aromatic carbocycles. The second kappa shape index (κ2) is 13.9. The van der Waals surface area contributed by atoms with Gasteiger partial charge in [0, 0.05) is 19.6 Å². The summed E-state index contributed by atoms with van der Waals surface area (Å²) >= 11 is 0. The third kappa shape index (κ3) is 6.65. The van der Waals surface area contributed by atoms with Gasteiger partial charge >= 0.3 is 0 Å². The van der Waals surface area contributed by atoms with E-state index in [2.05, 4.69) is 5.32 Å². The Kier molecular flexibility index (Phi) is 9.86. The molecule has 0 aromatic heterocycles. The maximum absolute atomic E-state index is 12.6. The molecule has 4 aliphatic rings. The second-order valence-corrected chi connectivity index (χ2v) is 11.1. The fourth-order valence-corrected chi connectivity index (χ4v) is 6.17. The Morgan fingerprint density at radius 2 is 1.26 bits per heavy atom. The molecule has 4 amide bonds. The molecule has 4 saturated heterocycles. The molecule has 10 nitrogen and oxygen atoms in total. The van der Waals surface area contributed by atoms with Crippen LogP contribution in [-0.2, 0) is 41.9 Å². The van der Waals surface area contributed by atoms with Gasteiger partial charge in [0.05, 0.1) is 26.4 Å². The Labute approximate surface area is 246 Å². The van der Waals surface area contributed by atoms with Gasteiger partial charge in [-0.25, -0.2) is 0 Å². The van der Waals surface area contributed by atoms with Crippen LogP contribution in [-0.4, -0.2) is 95.3 Å². The summed E-state index contributed by atoms with van der Waals surface area (Å²) in [5, 5.41) is 2.77. The molecule has 2 aromatic rings. The topological polar surface area (TPSA) is 108 Å². The van der Waals surface area contributed by atoms with E-state index in [1.807, 2.05) is 67.6 Å². The number of piperazine rings is 2. The van der Waals surface area contributed by atoms with Crippen LogP contribution < -0.4 is 5.32 Å². The summed E-state index contributed by atoms with van der Waals surface area (Å²) in [5.41, 5.74) is 2.13. The summed E-state index contributed by atoms with van der Waals surface area (Å²) < 4.78 is 11.3. The van der Waals surface area contributed by atoms with Gasteiger partial charge in [0.15, 0.2) is 0 Å². The number of ether oxygens (including phenoxy) is 2. The lowest BCUT2D eigenvalue weighted by atomic mass is 10.1. The highest BCUT2D eigenvalue weighted by Gasteiger charge is 2.47. The molecule has 4 aliphatic heterocycles. The van der Waals surface area contributed by atoms with Crippen molar-refractivity contribution >= 4 is 23.6 Å². The lowest BCUT2D eigenvalue weighted by Crippen LogP contribution is -2.63. The fraction of sp³-hybridized carbons (Fsp3) is 0.500. The Balaban J connectivity index is 0.000000169. The third-order valence-corrected chi connectivity index (χ3v) is 8.34. The van der Waals surface area contributed by atoms with Gasteiger partial charge in [-0.3, -0.25) is 19.2 Å². The molecule has 0 radical (unpaired) electrons. The van der Waals surface area contributed by atoms with Gasteiger partial charge in [0.1, 0.15) is 24.2 Å². The van der Waals surface area contributed by atoms with Gasteiger partial charge in [-0.2, -0.15) is 0 Å². The second-order valence-electron chi connectivity index (χ2n) is 11.1. The summed E-state index contributed by atoms with van der Waals surface area (Å²) in [4.78, 5) is 54.4. The van der Waals surface area contributed by atoms with Crippen molar-refractivity contribution in [3.05, 3.63) is 71.8 Å². The van der Waals surface area contributed by atoms with Crippen molar-refractivity contribution in [2.45, 2.75) is 70.0 Å². The number of amides is 4. The lowest BCUT2D eigenvalue weighted by Gasteiger charge is -2.41. The summed E-state index contributed by atoms with van der Waals surface area (Å²) in [6.45, 7) is 5.24. The van der Waals surface area contributed by atoms with Crippen LogP contribution in [0.15, 0.2) is 60.7 Å². The zero-order chi connectivity index (χ0) is 29.5. The minimum absolute atomic E-state index is 0.0137. The summed E-state index contributed by atoms with van der Waals surface area (Å²) in [7, 11) is 0. The van der Waals surface area contributed by atoms with Gasteiger partial charge in [0.2, 0.25) is 23.6 Å². The van der Waals surface area contributed by atoms with Crippen molar-refractivity contribution < 1.29 is 28.7 Å². The average Bonchev–Trinajstić information content (AvgIpc) is 3.71. The molecular formula is C32H40N4O6. The van der Waals surface area contributed by atoms with Gasteiger partial charge < -0.3 is 29.5 Å². The van der Waals surface area contributed by atoms with Crippen LogP contribution in [0.5, 0.6) is 0 Å². The fourth-order valence-electron chi connectivity index (χ4n) is 6.17. The van der Waals surface area contributed by atoms with Gasteiger partial charge in [-0.1, -0.05) is 60.7 Å². The maximum Gasteiger partial charge on any atom is 0.248 e. The van der Waals surface area contributed by atoms with Crippen molar-refractivity contribution in [3.63, 3.8) is 0 Å². The number of rotatable bonds is 9. The number of hydrogen-bond acceptors (Lipinski definition) is 6. The maximum atomic E-state index is 12.6. The zero-order valence-electron chi connectivity index (χ0n) is 24.2. The highest BCUT2D eigenvalue weighted by atomic mass is 16.5. The standard InChI is InChI=1S/C17H22N2O3.C15H18N2O3/c1-2-18-15(12-22-11-13-7-4-3-5-8-13)17(21)19-10-6-9-14(19)16(18)20;18-14-13-7-4-8-17(13)15(19)12(16-14)10-20-9-11-5-2-1-3-6-11/h3-5,7-8,14-15H,2,6,9-12H2,1H3;1-3,5-6,12-13H,4,7-10H2,(H,16,18)/t14-,15-;12-,13-/m00/s1. The Morgan fingerprint density at radius 3 is 1.86 bits per heavy atom. The number of carbonyl (C=O) groups is 4. The summed E-state index contributed by atoms with van der Waals surface area (Å²) in [5.74, 6) is 0.0560. The van der Waals surface area contributed by atoms with Crippen molar-refractivity contribution in [1.82, 2.24) is 20.0 Å². The van der Waals surface area contributed by atoms with E-state index in [4.69, 9.17) is 9.47 Å². The molecule has 0 aliphatic carbocycles. The van der Waals surface area contributed by atoms with E-state index >= 15 is 0 Å². The monoisotopic (exact) mass is 576 g/mol. The van der Waals surface area contributed by atoms with E-state index < -0.39 is 12.1 Å². The van der Waals surface area contributed by atoms with Crippen molar-refractivity contribution in [3.8, 4) is 0 Å². The van der Waals surface area contributed by atoms with Crippen LogP contribution in [0.25, 0.3) is 0 Å². The van der Waals surface area contributed by atoms with Crippen LogP contribution in [0, 0.1) is 0 Å². The van der Waals surface area contributed by atoms with Gasteiger partial charge in [-0.05, 0) is 43.7 Å². The van der Waals surface area contributed by atoms with E-state index in [1.165, 1.54) is 0 Å². The molecule has 1 N–H and O–H groups in total. The van der Waals surface area contributed by atoms with Gasteiger partial charge in [0.25, 0.3) is 0 Å². The molecule has 0 spiro atoms. The number of fused-ring (bicyclic) bond motifs is 2. The number of likely N-dealkylation sites (N-methyl/N-ethyl adjacent to an activating group) is 1. The van der Waals surface area contributed by atoms with E-state index in [0.29, 0.717) is 32.8 Å². The number of benzene rings is 2. The average molecular weight is 577 g/mol. The zero-order valence-corrected chi connectivity index (χ0v) is 24.2. The van der Waals surface area contributed by atoms with Crippen molar-refractivity contribution in [2.75, 3.05) is 32.8 Å².